The van der Waals surface area contributed by atoms with Gasteiger partial charge in [-0.15, -0.1) is 0 Å². The van der Waals surface area contributed by atoms with Crippen LogP contribution in [0.25, 0.3) is 0 Å². The number of aliphatic hydroxyl groups excluding tert-OH is 1. The minimum Gasteiger partial charge on any atom is -0.444 e. The molecule has 2 aromatic rings. The molecule has 0 bridgehead atoms. The van der Waals surface area contributed by atoms with Crippen LogP contribution < -0.4 is 5.32 Å². The van der Waals surface area contributed by atoms with Gasteiger partial charge < -0.3 is 34.1 Å². The van der Waals surface area contributed by atoms with E-state index in [0.29, 0.717) is 19.8 Å². The number of carbonyl (C=O) groups excluding carboxylic acids is 1. The normalized spacial score (nSPS) is 23.8. The van der Waals surface area contributed by atoms with E-state index in [1.165, 1.54) is 0 Å². The van der Waals surface area contributed by atoms with Crippen molar-refractivity contribution in [2.45, 2.75) is 110 Å². The van der Waals surface area contributed by atoms with Gasteiger partial charge in [-0.25, -0.2) is 4.79 Å². The van der Waals surface area contributed by atoms with Crippen LogP contribution in [0.3, 0.4) is 0 Å². The smallest absolute Gasteiger partial charge is 0.408 e. The van der Waals surface area contributed by atoms with E-state index in [4.69, 9.17) is 23.7 Å². The summed E-state index contributed by atoms with van der Waals surface area (Å²) in [6.45, 7) is 13.1. The molecule has 0 radical (unpaired) electrons. The van der Waals surface area contributed by atoms with Crippen LogP contribution in [0.1, 0.15) is 71.9 Å². The lowest BCUT2D eigenvalue weighted by molar-refractivity contribution is -0.291. The zero-order valence-corrected chi connectivity index (χ0v) is 27.3. The SMILES string of the molecule is CCCC/C=C/[C@@H](O)[C@H](CO[C@H]1OC(COCc2ccccc2)[C@H](C)[C@H](C)C1OCc1ccccc1)NC(=O)OC(C)(C)C. The maximum absolute atomic E-state index is 12.7. The van der Waals surface area contributed by atoms with Crippen LogP contribution in [0.5, 0.6) is 0 Å². The molecule has 1 heterocycles. The van der Waals surface area contributed by atoms with Crippen molar-refractivity contribution in [3.05, 3.63) is 83.9 Å². The molecular formula is C36H53NO7. The molecule has 1 fully saturated rings. The molecule has 1 aliphatic heterocycles. The first-order chi connectivity index (χ1) is 21.1. The van der Waals surface area contributed by atoms with Crippen LogP contribution in [0.15, 0.2) is 72.8 Å². The Labute approximate surface area is 264 Å². The van der Waals surface area contributed by atoms with Gasteiger partial charge in [-0.2, -0.15) is 0 Å². The summed E-state index contributed by atoms with van der Waals surface area (Å²) in [4.78, 5) is 12.7. The molecule has 1 amide bonds. The lowest BCUT2D eigenvalue weighted by atomic mass is 9.83. The summed E-state index contributed by atoms with van der Waals surface area (Å²) in [5.74, 6) is 0.216. The van der Waals surface area contributed by atoms with Gasteiger partial charge in [-0.05, 0) is 50.2 Å². The first-order valence-electron chi connectivity index (χ1n) is 16.0. The fourth-order valence-electron chi connectivity index (χ4n) is 5.02. The summed E-state index contributed by atoms with van der Waals surface area (Å²) < 4.78 is 30.9. The number of nitrogens with one attached hydrogen (secondary N) is 1. The van der Waals surface area contributed by atoms with Gasteiger partial charge in [-0.1, -0.05) is 106 Å². The monoisotopic (exact) mass is 611 g/mol. The highest BCUT2D eigenvalue weighted by molar-refractivity contribution is 5.68. The Balaban J connectivity index is 1.74. The van der Waals surface area contributed by atoms with E-state index < -0.39 is 30.1 Å². The van der Waals surface area contributed by atoms with Crippen molar-refractivity contribution in [2.75, 3.05) is 13.2 Å². The predicted molar refractivity (Wildman–Crippen MR) is 172 cm³/mol. The molecule has 0 saturated carbocycles. The highest BCUT2D eigenvalue weighted by atomic mass is 16.7. The zero-order chi connectivity index (χ0) is 32.0. The van der Waals surface area contributed by atoms with Crippen LogP contribution in [0.2, 0.25) is 0 Å². The Bertz CT molecular complexity index is 1100. The highest BCUT2D eigenvalue weighted by Crippen LogP contribution is 2.34. The summed E-state index contributed by atoms with van der Waals surface area (Å²) in [6, 6.07) is 19.3. The second-order valence-corrected chi connectivity index (χ2v) is 12.7. The first-order valence-corrected chi connectivity index (χ1v) is 16.0. The number of carbonyl (C=O) groups is 1. The van der Waals surface area contributed by atoms with Crippen molar-refractivity contribution in [2.24, 2.45) is 11.8 Å². The third kappa shape index (κ3) is 12.3. The van der Waals surface area contributed by atoms with Crippen LogP contribution in [0.4, 0.5) is 4.79 Å². The van der Waals surface area contributed by atoms with Gasteiger partial charge >= 0.3 is 6.09 Å². The molecule has 3 rings (SSSR count). The van der Waals surface area contributed by atoms with E-state index in [2.05, 4.69) is 26.1 Å². The molecule has 0 aromatic heterocycles. The van der Waals surface area contributed by atoms with E-state index in [9.17, 15) is 9.90 Å². The minimum absolute atomic E-state index is 0.00686. The Morgan fingerprint density at radius 1 is 0.977 bits per heavy atom. The standard InChI is InChI=1S/C36H53NO7/c1-7-8-9-16-21-31(38)30(37-35(39)44-36(4,5)6)24-42-34-33(41-23-29-19-14-11-15-20-29)27(3)26(2)32(43-34)25-40-22-28-17-12-10-13-18-28/h10-21,26-27,30-34,38H,7-9,22-25H2,1-6H3,(H,37,39)/b21-16+/t26-,27+,30+,31-,32?,33?,34+/m1/s1. The number of unbranched alkanes of at least 4 members (excludes halogenated alkanes) is 2. The van der Waals surface area contributed by atoms with Crippen molar-refractivity contribution in [1.82, 2.24) is 5.32 Å². The van der Waals surface area contributed by atoms with Gasteiger partial charge in [0.2, 0.25) is 0 Å². The van der Waals surface area contributed by atoms with Gasteiger partial charge in [0.25, 0.3) is 0 Å². The number of hydrogen-bond acceptors (Lipinski definition) is 7. The Kier molecular flexibility index (Phi) is 14.8. The zero-order valence-electron chi connectivity index (χ0n) is 27.3. The molecule has 8 nitrogen and oxygen atoms in total. The average Bonchev–Trinajstić information content (AvgIpc) is 2.99. The second-order valence-electron chi connectivity index (χ2n) is 12.7. The minimum atomic E-state index is -0.979. The number of alkyl carbamates (subject to hydrolysis) is 1. The number of rotatable bonds is 16. The Morgan fingerprint density at radius 3 is 2.23 bits per heavy atom. The molecule has 2 unspecified atom stereocenters. The van der Waals surface area contributed by atoms with Crippen molar-refractivity contribution < 1.29 is 33.6 Å². The number of ether oxygens (including phenoxy) is 5. The van der Waals surface area contributed by atoms with Crippen LogP contribution in [-0.4, -0.2) is 60.7 Å². The maximum atomic E-state index is 12.7. The van der Waals surface area contributed by atoms with Gasteiger partial charge in [0.05, 0.1) is 44.7 Å². The topological polar surface area (TPSA) is 95.5 Å². The van der Waals surface area contributed by atoms with Crippen LogP contribution in [-0.2, 0) is 36.9 Å². The van der Waals surface area contributed by atoms with Crippen LogP contribution >= 0.6 is 0 Å². The molecular weight excluding hydrogens is 558 g/mol. The van der Waals surface area contributed by atoms with Crippen molar-refractivity contribution in [3.63, 3.8) is 0 Å². The largest absolute Gasteiger partial charge is 0.444 e. The highest BCUT2D eigenvalue weighted by Gasteiger charge is 2.43. The number of allylic oxidation sites excluding steroid dienone is 1. The third-order valence-corrected chi connectivity index (χ3v) is 7.80. The Hall–Kier alpha value is -2.75. The first kappa shape index (κ1) is 35.7. The summed E-state index contributed by atoms with van der Waals surface area (Å²) >= 11 is 0. The molecule has 1 aliphatic rings. The third-order valence-electron chi connectivity index (χ3n) is 7.80. The van der Waals surface area contributed by atoms with Gasteiger partial charge in [0, 0.05) is 0 Å². The van der Waals surface area contributed by atoms with Crippen LogP contribution in [0, 0.1) is 11.8 Å². The molecule has 7 atom stereocenters. The summed E-state index contributed by atoms with van der Waals surface area (Å²) in [5.41, 5.74) is 1.47. The fraction of sp³-hybridized carbons (Fsp3) is 0.583. The van der Waals surface area contributed by atoms with Gasteiger partial charge in [0.15, 0.2) is 6.29 Å². The number of amides is 1. The molecule has 0 aliphatic carbocycles. The second kappa shape index (κ2) is 18.3. The average molecular weight is 612 g/mol. The number of aliphatic hydroxyl groups is 1. The lowest BCUT2D eigenvalue weighted by Crippen LogP contribution is -2.54. The lowest BCUT2D eigenvalue weighted by Gasteiger charge is -2.44. The van der Waals surface area contributed by atoms with Crippen molar-refractivity contribution in [1.29, 1.82) is 0 Å². The predicted octanol–water partition coefficient (Wildman–Crippen LogP) is 6.80. The Morgan fingerprint density at radius 2 is 1.61 bits per heavy atom. The van der Waals surface area contributed by atoms with Gasteiger partial charge in [-0.3, -0.25) is 0 Å². The molecule has 0 spiro atoms. The molecule has 2 aromatic carbocycles. The summed E-state index contributed by atoms with van der Waals surface area (Å²) in [6.07, 6.45) is 3.60. The quantitative estimate of drug-likeness (QED) is 0.159. The molecule has 8 heteroatoms. The van der Waals surface area contributed by atoms with E-state index in [1.807, 2.05) is 66.7 Å². The van der Waals surface area contributed by atoms with E-state index >= 15 is 0 Å². The molecule has 2 N–H and O–H groups in total. The number of hydrogen-bond donors (Lipinski definition) is 2. The fourth-order valence-corrected chi connectivity index (χ4v) is 5.02. The van der Waals surface area contributed by atoms with E-state index in [-0.39, 0.29) is 30.7 Å². The molecule has 44 heavy (non-hydrogen) atoms. The molecule has 1 saturated heterocycles. The van der Waals surface area contributed by atoms with Gasteiger partial charge in [0.1, 0.15) is 11.7 Å². The van der Waals surface area contributed by atoms with Crippen molar-refractivity contribution in [3.8, 4) is 0 Å². The molecule has 244 valence electrons. The van der Waals surface area contributed by atoms with E-state index in [1.54, 1.807) is 26.8 Å². The van der Waals surface area contributed by atoms with Crippen molar-refractivity contribution >= 4 is 6.09 Å². The van der Waals surface area contributed by atoms with E-state index in [0.717, 1.165) is 30.4 Å². The summed E-state index contributed by atoms with van der Waals surface area (Å²) in [7, 11) is 0. The summed E-state index contributed by atoms with van der Waals surface area (Å²) in [5, 5.41) is 13.8. The maximum Gasteiger partial charge on any atom is 0.408 e. The number of benzene rings is 2.